The van der Waals surface area contributed by atoms with E-state index in [0.717, 1.165) is 48.3 Å². The number of allylic oxidation sites excluding steroid dienone is 2. The smallest absolute Gasteiger partial charge is 0.400 e. The van der Waals surface area contributed by atoms with Gasteiger partial charge >= 0.3 is 12.5 Å². The molecule has 0 atom stereocenters. The van der Waals surface area contributed by atoms with Gasteiger partial charge in [0.15, 0.2) is 11.6 Å². The van der Waals surface area contributed by atoms with Crippen LogP contribution in [-0.4, -0.2) is 19.1 Å². The van der Waals surface area contributed by atoms with Gasteiger partial charge in [0.05, 0.1) is 12.5 Å². The van der Waals surface area contributed by atoms with E-state index in [4.69, 9.17) is 0 Å². The average molecular weight is 643 g/mol. The molecule has 0 unspecified atom stereocenters. The van der Waals surface area contributed by atoms with Crippen molar-refractivity contribution in [2.75, 3.05) is 6.61 Å². The summed E-state index contributed by atoms with van der Waals surface area (Å²) in [5, 5.41) is 0. The van der Waals surface area contributed by atoms with Gasteiger partial charge in [-0.25, -0.2) is 13.2 Å². The van der Waals surface area contributed by atoms with Crippen LogP contribution in [0.5, 0.6) is 0 Å². The third-order valence-corrected chi connectivity index (χ3v) is 8.66. The van der Waals surface area contributed by atoms with E-state index >= 15 is 4.39 Å². The maximum Gasteiger partial charge on any atom is 0.573 e. The molecule has 0 aromatic heterocycles. The highest BCUT2D eigenvalue weighted by atomic mass is 19.4. The molecular formula is C35H38F8O2. The Hall–Kier alpha value is -3.32. The lowest BCUT2D eigenvalue weighted by molar-refractivity contribution is -0.305. The highest BCUT2D eigenvalue weighted by molar-refractivity contribution is 5.65. The van der Waals surface area contributed by atoms with Gasteiger partial charge in [-0.05, 0) is 92.0 Å². The van der Waals surface area contributed by atoms with E-state index in [1.807, 2.05) is 36.4 Å². The maximum absolute atomic E-state index is 15.1. The van der Waals surface area contributed by atoms with Gasteiger partial charge in [0.1, 0.15) is 11.6 Å². The van der Waals surface area contributed by atoms with E-state index in [9.17, 15) is 30.7 Å². The molecule has 10 heteroatoms. The molecule has 2 aromatic rings. The first kappa shape index (κ1) is 36.2. The molecule has 0 aliphatic heterocycles. The van der Waals surface area contributed by atoms with Crippen molar-refractivity contribution in [3.05, 3.63) is 82.9 Å². The summed E-state index contributed by atoms with van der Waals surface area (Å²) in [6.45, 7) is 1.72. The number of benzene rings is 2. The maximum atomic E-state index is 15.1. The molecule has 4 rings (SSSR count). The fourth-order valence-corrected chi connectivity index (χ4v) is 6.15. The first-order valence-corrected chi connectivity index (χ1v) is 15.0. The molecule has 0 saturated heterocycles. The van der Waals surface area contributed by atoms with Crippen LogP contribution in [-0.2, 0) is 9.47 Å². The second kappa shape index (κ2) is 15.8. The largest absolute Gasteiger partial charge is 0.573 e. The summed E-state index contributed by atoms with van der Waals surface area (Å²) in [4.78, 5) is 0. The van der Waals surface area contributed by atoms with Crippen molar-refractivity contribution < 1.29 is 44.6 Å². The SMILES string of the molecule is C#C.C/C(F)=C(OC(F)(F)F)\C(F)=C/COC(F)(F)C1CCC(c2ccc(-c3ccc(C4CCC(C)CC4)cc3F)cc2)CC1. The lowest BCUT2D eigenvalue weighted by Gasteiger charge is -2.33. The van der Waals surface area contributed by atoms with Gasteiger partial charge in [-0.15, -0.1) is 26.0 Å². The predicted octanol–water partition coefficient (Wildman–Crippen LogP) is 11.5. The van der Waals surface area contributed by atoms with Crippen molar-refractivity contribution in [2.45, 2.75) is 89.5 Å². The zero-order valence-electron chi connectivity index (χ0n) is 25.3. The quantitative estimate of drug-likeness (QED) is 0.117. The van der Waals surface area contributed by atoms with Gasteiger partial charge in [0, 0.05) is 5.56 Å². The minimum atomic E-state index is -5.35. The number of terminal acetylenes is 1. The van der Waals surface area contributed by atoms with Crippen LogP contribution in [0.2, 0.25) is 0 Å². The van der Waals surface area contributed by atoms with Crippen LogP contribution in [0.4, 0.5) is 35.1 Å². The summed E-state index contributed by atoms with van der Waals surface area (Å²) in [6.07, 6.45) is 4.80. The van der Waals surface area contributed by atoms with E-state index in [2.05, 4.69) is 29.2 Å². The molecule has 0 spiro atoms. The molecule has 2 nitrogen and oxygen atoms in total. The molecule has 45 heavy (non-hydrogen) atoms. The minimum Gasteiger partial charge on any atom is -0.400 e. The molecule has 2 fully saturated rings. The van der Waals surface area contributed by atoms with Crippen LogP contribution in [0, 0.1) is 30.5 Å². The predicted molar refractivity (Wildman–Crippen MR) is 158 cm³/mol. The molecule has 2 aromatic carbocycles. The second-order valence-corrected chi connectivity index (χ2v) is 11.7. The monoisotopic (exact) mass is 642 g/mol. The highest BCUT2D eigenvalue weighted by Gasteiger charge is 2.43. The molecule has 0 radical (unpaired) electrons. The van der Waals surface area contributed by atoms with Crippen molar-refractivity contribution in [1.82, 2.24) is 0 Å². The Balaban J connectivity index is 0.00000271. The fraction of sp³-hybridized carbons (Fsp3) is 0.486. The summed E-state index contributed by atoms with van der Waals surface area (Å²) in [6, 6.07) is 12.9. The zero-order valence-corrected chi connectivity index (χ0v) is 25.3. The van der Waals surface area contributed by atoms with E-state index in [1.165, 1.54) is 0 Å². The summed E-state index contributed by atoms with van der Waals surface area (Å²) in [7, 11) is 0. The lowest BCUT2D eigenvalue weighted by Crippen LogP contribution is -2.34. The molecule has 0 bridgehead atoms. The highest BCUT2D eigenvalue weighted by Crippen LogP contribution is 2.43. The molecular weight excluding hydrogens is 604 g/mol. The van der Waals surface area contributed by atoms with Gasteiger partial charge in [0.25, 0.3) is 0 Å². The third kappa shape index (κ3) is 10.1. The number of halogens is 8. The molecule has 246 valence electrons. The van der Waals surface area contributed by atoms with Crippen molar-refractivity contribution in [1.29, 1.82) is 0 Å². The van der Waals surface area contributed by atoms with Gasteiger partial charge in [-0.1, -0.05) is 56.2 Å². The van der Waals surface area contributed by atoms with E-state index in [1.54, 1.807) is 6.07 Å². The number of rotatable bonds is 9. The average Bonchev–Trinajstić information content (AvgIpc) is 3.01. The second-order valence-electron chi connectivity index (χ2n) is 11.7. The van der Waals surface area contributed by atoms with Crippen LogP contribution in [0.15, 0.2) is 66.0 Å². The van der Waals surface area contributed by atoms with Crippen LogP contribution in [0.25, 0.3) is 11.1 Å². The van der Waals surface area contributed by atoms with Crippen LogP contribution >= 0.6 is 0 Å². The van der Waals surface area contributed by atoms with Crippen LogP contribution in [0.1, 0.15) is 88.2 Å². The number of ether oxygens (including phenoxy) is 2. The summed E-state index contributed by atoms with van der Waals surface area (Å²) in [5.74, 6) is -5.45. The Bertz CT molecular complexity index is 1320. The van der Waals surface area contributed by atoms with Crippen LogP contribution in [0.3, 0.4) is 0 Å². The van der Waals surface area contributed by atoms with Crippen LogP contribution < -0.4 is 0 Å². The Morgan fingerprint density at radius 2 is 1.36 bits per heavy atom. The first-order valence-electron chi connectivity index (χ1n) is 15.0. The fourth-order valence-electron chi connectivity index (χ4n) is 6.15. The first-order chi connectivity index (χ1) is 21.2. The molecule has 0 heterocycles. The van der Waals surface area contributed by atoms with Gasteiger partial charge in [0.2, 0.25) is 0 Å². The Morgan fingerprint density at radius 3 is 1.89 bits per heavy atom. The summed E-state index contributed by atoms with van der Waals surface area (Å²) < 4.78 is 116. The number of alkyl halides is 5. The standard InChI is InChI=1S/C33H36F8O2.C2H2/c1-20-3-5-24(6-4-20)26-13-16-28(30(36)19-26)25-9-7-22(8-10-25)23-11-14-27(15-12-23)32(37,38)42-18-17-29(35)31(21(2)34)43-33(39,40)41;1-2/h7-10,13,16-17,19-20,23-24,27H,3-6,11-12,14-15,18H2,1-2H3;1-2H/b29-17+,31-21-;. The van der Waals surface area contributed by atoms with Gasteiger partial charge in [-0.3, -0.25) is 0 Å². The Morgan fingerprint density at radius 1 is 0.822 bits per heavy atom. The van der Waals surface area contributed by atoms with Crippen molar-refractivity contribution in [3.8, 4) is 24.0 Å². The molecule has 2 aliphatic rings. The number of hydrogen-bond acceptors (Lipinski definition) is 2. The van der Waals surface area contributed by atoms with Gasteiger partial charge in [-0.2, -0.15) is 8.78 Å². The Labute approximate surface area is 259 Å². The lowest BCUT2D eigenvalue weighted by atomic mass is 9.78. The summed E-state index contributed by atoms with van der Waals surface area (Å²) >= 11 is 0. The van der Waals surface area contributed by atoms with Crippen molar-refractivity contribution >= 4 is 0 Å². The van der Waals surface area contributed by atoms with Gasteiger partial charge < -0.3 is 9.47 Å². The normalized spacial score (nSPS) is 23.4. The number of hydrogen-bond donors (Lipinski definition) is 0. The third-order valence-electron chi connectivity index (χ3n) is 8.66. The van der Waals surface area contributed by atoms with E-state index < -0.39 is 42.4 Å². The molecule has 2 aliphatic carbocycles. The Kier molecular flexibility index (Phi) is 12.7. The molecule has 0 N–H and O–H groups in total. The molecule has 2 saturated carbocycles. The topological polar surface area (TPSA) is 18.5 Å². The van der Waals surface area contributed by atoms with Crippen molar-refractivity contribution in [3.63, 3.8) is 0 Å². The zero-order chi connectivity index (χ0) is 33.4. The van der Waals surface area contributed by atoms with Crippen molar-refractivity contribution in [2.24, 2.45) is 11.8 Å². The van der Waals surface area contributed by atoms with E-state index in [-0.39, 0.29) is 30.7 Å². The molecule has 0 amide bonds. The summed E-state index contributed by atoms with van der Waals surface area (Å²) in [5.41, 5.74) is 3.24. The minimum absolute atomic E-state index is 0.0131. The van der Waals surface area contributed by atoms with E-state index in [0.29, 0.717) is 31.2 Å².